The van der Waals surface area contributed by atoms with Crippen molar-refractivity contribution in [2.24, 2.45) is 0 Å². The summed E-state index contributed by atoms with van der Waals surface area (Å²) in [6, 6.07) is 0.626. The second-order valence-electron chi connectivity index (χ2n) is 5.73. The van der Waals surface area contributed by atoms with Crippen LogP contribution in [0.15, 0.2) is 10.7 Å². The fourth-order valence-corrected chi connectivity index (χ4v) is 1.89. The zero-order valence-corrected chi connectivity index (χ0v) is 12.0. The summed E-state index contributed by atoms with van der Waals surface area (Å²) in [5.74, 6) is 0. The average molecular weight is 267 g/mol. The van der Waals surface area contributed by atoms with Crippen molar-refractivity contribution >= 4 is 12.1 Å². The normalized spacial score (nSPS) is 16.6. The second-order valence-corrected chi connectivity index (χ2v) is 5.73. The van der Waals surface area contributed by atoms with Crippen LogP contribution in [-0.2, 0) is 4.74 Å². The van der Waals surface area contributed by atoms with E-state index in [9.17, 15) is 4.79 Å². The summed E-state index contributed by atoms with van der Waals surface area (Å²) in [5.41, 5.74) is 0.415. The minimum Gasteiger partial charge on any atom is -0.444 e. The fraction of sp³-hybridized carbons (Fsp3) is 0.692. The van der Waals surface area contributed by atoms with Crippen molar-refractivity contribution in [3.8, 4) is 0 Å². The Morgan fingerprint density at radius 2 is 1.95 bits per heavy atom. The highest BCUT2D eigenvalue weighted by molar-refractivity contribution is 5.68. The lowest BCUT2D eigenvalue weighted by atomic mass is 10.2. The van der Waals surface area contributed by atoms with Crippen LogP contribution in [0.5, 0.6) is 0 Å². The van der Waals surface area contributed by atoms with Gasteiger partial charge in [-0.15, -0.1) is 0 Å². The molecule has 1 saturated heterocycles. The van der Waals surface area contributed by atoms with Crippen molar-refractivity contribution in [3.05, 3.63) is 12.0 Å². The van der Waals surface area contributed by atoms with Crippen molar-refractivity contribution < 1.29 is 13.9 Å². The van der Waals surface area contributed by atoms with E-state index >= 15 is 0 Å². The van der Waals surface area contributed by atoms with Crippen molar-refractivity contribution in [1.82, 2.24) is 9.88 Å². The summed E-state index contributed by atoms with van der Waals surface area (Å²) in [6.07, 6.45) is 1.38. The molecule has 0 saturated carbocycles. The summed E-state index contributed by atoms with van der Waals surface area (Å²) in [5, 5.41) is 0. The minimum atomic E-state index is -0.450. The van der Waals surface area contributed by atoms with Gasteiger partial charge in [0.15, 0.2) is 0 Å². The molecule has 106 valence electrons. The summed E-state index contributed by atoms with van der Waals surface area (Å²) >= 11 is 0. The minimum absolute atomic E-state index is 0.254. The molecule has 0 atom stereocenters. The summed E-state index contributed by atoms with van der Waals surface area (Å²) < 4.78 is 10.7. The molecule has 1 aromatic heterocycles. The van der Waals surface area contributed by atoms with Gasteiger partial charge >= 0.3 is 6.09 Å². The number of hydrogen-bond acceptors (Lipinski definition) is 5. The molecule has 0 unspecified atom stereocenters. The molecule has 0 bridgehead atoms. The smallest absolute Gasteiger partial charge is 0.410 e. The second kappa shape index (κ2) is 5.11. The number of anilines is 1. The summed E-state index contributed by atoms with van der Waals surface area (Å²) in [7, 11) is 0. The third kappa shape index (κ3) is 3.62. The van der Waals surface area contributed by atoms with Gasteiger partial charge in [-0.2, -0.15) is 4.98 Å². The van der Waals surface area contributed by atoms with E-state index in [1.54, 1.807) is 11.2 Å². The highest BCUT2D eigenvalue weighted by Gasteiger charge is 2.27. The first-order valence-corrected chi connectivity index (χ1v) is 6.50. The predicted molar refractivity (Wildman–Crippen MR) is 71.3 cm³/mol. The van der Waals surface area contributed by atoms with Crippen LogP contribution in [-0.4, -0.2) is 47.8 Å². The number of piperazine rings is 1. The molecule has 1 aliphatic heterocycles. The first kappa shape index (κ1) is 13.7. The van der Waals surface area contributed by atoms with Crippen molar-refractivity contribution in [1.29, 1.82) is 0 Å². The van der Waals surface area contributed by atoms with Crippen LogP contribution >= 0.6 is 0 Å². The predicted octanol–water partition coefficient (Wildman–Crippen LogP) is 2.04. The number of amides is 1. The van der Waals surface area contributed by atoms with E-state index in [-0.39, 0.29) is 6.09 Å². The summed E-state index contributed by atoms with van der Waals surface area (Å²) in [6.45, 7) is 10.2. The zero-order chi connectivity index (χ0) is 14.0. The van der Waals surface area contributed by atoms with E-state index in [4.69, 9.17) is 9.15 Å². The molecular weight excluding hydrogens is 246 g/mol. The van der Waals surface area contributed by atoms with Gasteiger partial charge in [-0.05, 0) is 27.7 Å². The molecule has 0 radical (unpaired) electrons. The molecule has 1 aromatic rings. The number of aryl methyl sites for hydroxylation is 1. The van der Waals surface area contributed by atoms with Crippen LogP contribution in [0.4, 0.5) is 10.8 Å². The summed E-state index contributed by atoms with van der Waals surface area (Å²) in [4.78, 5) is 20.0. The Labute approximate surface area is 113 Å². The van der Waals surface area contributed by atoms with E-state index in [0.29, 0.717) is 32.2 Å². The Hall–Kier alpha value is -1.72. The topological polar surface area (TPSA) is 58.8 Å². The van der Waals surface area contributed by atoms with E-state index in [1.165, 1.54) is 0 Å². The molecule has 1 fully saturated rings. The lowest BCUT2D eigenvalue weighted by Crippen LogP contribution is -2.50. The van der Waals surface area contributed by atoms with Gasteiger partial charge in [0.2, 0.25) is 0 Å². The van der Waals surface area contributed by atoms with Gasteiger partial charge in [0.05, 0.1) is 5.69 Å². The third-order valence-corrected chi connectivity index (χ3v) is 2.81. The lowest BCUT2D eigenvalue weighted by molar-refractivity contribution is 0.0239. The van der Waals surface area contributed by atoms with E-state index in [2.05, 4.69) is 4.98 Å². The molecule has 19 heavy (non-hydrogen) atoms. The standard InChI is InChI=1S/C13H21N3O3/c1-10-9-18-11(14-10)15-5-7-16(8-6-15)12(17)19-13(2,3)4/h9H,5-8H2,1-4H3. The van der Waals surface area contributed by atoms with Crippen LogP contribution in [0.2, 0.25) is 0 Å². The quantitative estimate of drug-likeness (QED) is 0.779. The first-order valence-electron chi connectivity index (χ1n) is 6.50. The van der Waals surface area contributed by atoms with Crippen LogP contribution in [0.1, 0.15) is 26.5 Å². The zero-order valence-electron chi connectivity index (χ0n) is 12.0. The third-order valence-electron chi connectivity index (χ3n) is 2.81. The fourth-order valence-electron chi connectivity index (χ4n) is 1.89. The number of oxazole rings is 1. The van der Waals surface area contributed by atoms with Crippen LogP contribution in [0, 0.1) is 6.92 Å². The molecule has 0 N–H and O–H groups in total. The van der Waals surface area contributed by atoms with Gasteiger partial charge in [-0.1, -0.05) is 0 Å². The largest absolute Gasteiger partial charge is 0.444 e. The van der Waals surface area contributed by atoms with Gasteiger partial charge in [0.25, 0.3) is 6.01 Å². The van der Waals surface area contributed by atoms with Gasteiger partial charge in [-0.25, -0.2) is 4.79 Å². The van der Waals surface area contributed by atoms with Gasteiger partial charge < -0.3 is 19.0 Å². The molecule has 1 amide bonds. The highest BCUT2D eigenvalue weighted by Crippen LogP contribution is 2.17. The number of carbonyl (C=O) groups excluding carboxylic acids is 1. The molecule has 0 spiro atoms. The number of carbonyl (C=O) groups is 1. The molecule has 6 nitrogen and oxygen atoms in total. The van der Waals surface area contributed by atoms with Gasteiger partial charge in [0.1, 0.15) is 11.9 Å². The number of aromatic nitrogens is 1. The molecule has 6 heteroatoms. The van der Waals surface area contributed by atoms with E-state index < -0.39 is 5.60 Å². The Balaban J connectivity index is 1.87. The number of rotatable bonds is 1. The van der Waals surface area contributed by atoms with Crippen molar-refractivity contribution in [2.45, 2.75) is 33.3 Å². The van der Waals surface area contributed by atoms with Crippen LogP contribution in [0.3, 0.4) is 0 Å². The SMILES string of the molecule is Cc1coc(N2CCN(C(=O)OC(C)(C)C)CC2)n1. The lowest BCUT2D eigenvalue weighted by Gasteiger charge is -2.34. The Morgan fingerprint density at radius 1 is 1.32 bits per heavy atom. The van der Waals surface area contributed by atoms with E-state index in [1.807, 2.05) is 32.6 Å². The molecule has 2 heterocycles. The average Bonchev–Trinajstić information content (AvgIpc) is 2.74. The first-order chi connectivity index (χ1) is 8.85. The molecule has 0 aromatic carbocycles. The van der Waals surface area contributed by atoms with Gasteiger partial charge in [-0.3, -0.25) is 0 Å². The van der Waals surface area contributed by atoms with Crippen molar-refractivity contribution in [3.63, 3.8) is 0 Å². The Kier molecular flexibility index (Phi) is 3.68. The maximum atomic E-state index is 11.9. The molecule has 2 rings (SSSR count). The molecular formula is C13H21N3O3. The number of ether oxygens (including phenoxy) is 1. The molecule has 0 aliphatic carbocycles. The Morgan fingerprint density at radius 3 is 2.42 bits per heavy atom. The van der Waals surface area contributed by atoms with Crippen molar-refractivity contribution in [2.75, 3.05) is 31.1 Å². The monoisotopic (exact) mass is 267 g/mol. The maximum absolute atomic E-state index is 11.9. The van der Waals surface area contributed by atoms with Crippen LogP contribution in [0.25, 0.3) is 0 Å². The van der Waals surface area contributed by atoms with Gasteiger partial charge in [0, 0.05) is 26.2 Å². The molecule has 1 aliphatic rings. The number of hydrogen-bond donors (Lipinski definition) is 0. The number of nitrogens with zero attached hydrogens (tertiary/aromatic N) is 3. The van der Waals surface area contributed by atoms with Crippen LogP contribution < -0.4 is 4.90 Å². The van der Waals surface area contributed by atoms with E-state index in [0.717, 1.165) is 5.69 Å². The maximum Gasteiger partial charge on any atom is 0.410 e. The highest BCUT2D eigenvalue weighted by atomic mass is 16.6. The Bertz CT molecular complexity index is 442.